The smallest absolute Gasteiger partial charge is 0.238 e. The maximum Gasteiger partial charge on any atom is 0.238 e. The summed E-state index contributed by atoms with van der Waals surface area (Å²) in [5, 5.41) is 12.2. The van der Waals surface area contributed by atoms with Gasteiger partial charge in [-0.25, -0.2) is 4.39 Å². The van der Waals surface area contributed by atoms with Gasteiger partial charge in [-0.15, -0.1) is 0 Å². The second kappa shape index (κ2) is 6.32. The van der Waals surface area contributed by atoms with Crippen molar-refractivity contribution in [3.8, 4) is 0 Å². The molecule has 0 saturated heterocycles. The molecule has 106 valence electrons. The van der Waals surface area contributed by atoms with E-state index in [1.165, 1.54) is 18.2 Å². The molecule has 19 heavy (non-hydrogen) atoms. The molecule has 1 aromatic rings. The van der Waals surface area contributed by atoms with Crippen molar-refractivity contribution in [1.29, 1.82) is 0 Å². The Morgan fingerprint density at radius 1 is 1.53 bits per heavy atom. The Morgan fingerprint density at radius 2 is 2.16 bits per heavy atom. The molecule has 1 rings (SSSR count). The van der Waals surface area contributed by atoms with Crippen LogP contribution in [0.25, 0.3) is 0 Å². The van der Waals surface area contributed by atoms with Crippen LogP contribution in [0.15, 0.2) is 18.2 Å². The van der Waals surface area contributed by atoms with Crippen LogP contribution in [0.3, 0.4) is 0 Å². The van der Waals surface area contributed by atoms with E-state index in [0.717, 1.165) is 0 Å². The summed E-state index contributed by atoms with van der Waals surface area (Å²) in [6.45, 7) is 3.83. The minimum Gasteiger partial charge on any atom is -0.389 e. The second-order valence-electron chi connectivity index (χ2n) is 5.16. The van der Waals surface area contributed by atoms with E-state index in [1.54, 1.807) is 25.8 Å². The zero-order valence-corrected chi connectivity index (χ0v) is 12.0. The zero-order chi connectivity index (χ0) is 14.6. The molecule has 0 spiro atoms. The van der Waals surface area contributed by atoms with Crippen LogP contribution in [0.1, 0.15) is 13.8 Å². The molecule has 6 heteroatoms. The van der Waals surface area contributed by atoms with Gasteiger partial charge >= 0.3 is 0 Å². The van der Waals surface area contributed by atoms with Crippen LogP contribution in [0, 0.1) is 5.82 Å². The number of hydrogen-bond acceptors (Lipinski definition) is 3. The lowest BCUT2D eigenvalue weighted by molar-refractivity contribution is -0.117. The standard InChI is InChI=1S/C13H18ClFN2O2/c1-13(2,19)8-17(3)7-12(18)16-9-4-5-11(15)10(14)6-9/h4-6,19H,7-8H2,1-3H3,(H,16,18). The maximum atomic E-state index is 13.0. The van der Waals surface area contributed by atoms with Crippen LogP contribution in [0.2, 0.25) is 5.02 Å². The van der Waals surface area contributed by atoms with Crippen LogP contribution in [0.4, 0.5) is 10.1 Å². The maximum absolute atomic E-state index is 13.0. The van der Waals surface area contributed by atoms with Gasteiger partial charge in [-0.05, 0) is 39.1 Å². The summed E-state index contributed by atoms with van der Waals surface area (Å²) in [7, 11) is 1.73. The highest BCUT2D eigenvalue weighted by molar-refractivity contribution is 6.31. The first-order valence-corrected chi connectivity index (χ1v) is 6.21. The zero-order valence-electron chi connectivity index (χ0n) is 11.2. The van der Waals surface area contributed by atoms with Gasteiger partial charge in [-0.1, -0.05) is 11.6 Å². The van der Waals surface area contributed by atoms with Gasteiger partial charge in [0.05, 0.1) is 17.2 Å². The Labute approximate surface area is 117 Å². The molecule has 1 amide bonds. The van der Waals surface area contributed by atoms with Crippen LogP contribution in [-0.4, -0.2) is 41.7 Å². The quantitative estimate of drug-likeness (QED) is 0.873. The van der Waals surface area contributed by atoms with Gasteiger partial charge in [0.25, 0.3) is 0 Å². The van der Waals surface area contributed by atoms with Crippen molar-refractivity contribution in [3.63, 3.8) is 0 Å². The molecule has 0 aliphatic carbocycles. The summed E-state index contributed by atoms with van der Waals surface area (Å²) in [6.07, 6.45) is 0. The third-order valence-corrected chi connectivity index (χ3v) is 2.56. The third-order valence-electron chi connectivity index (χ3n) is 2.27. The van der Waals surface area contributed by atoms with Gasteiger partial charge in [0, 0.05) is 12.2 Å². The molecule has 0 bridgehead atoms. The van der Waals surface area contributed by atoms with Crippen molar-refractivity contribution in [2.24, 2.45) is 0 Å². The molecule has 4 nitrogen and oxygen atoms in total. The van der Waals surface area contributed by atoms with Gasteiger partial charge in [-0.2, -0.15) is 0 Å². The van der Waals surface area contributed by atoms with E-state index in [2.05, 4.69) is 5.32 Å². The predicted octanol–water partition coefficient (Wildman–Crippen LogP) is 2.12. The fourth-order valence-corrected chi connectivity index (χ4v) is 1.92. The van der Waals surface area contributed by atoms with E-state index in [9.17, 15) is 14.3 Å². The number of anilines is 1. The van der Waals surface area contributed by atoms with Crippen LogP contribution >= 0.6 is 11.6 Å². The van der Waals surface area contributed by atoms with Crippen LogP contribution in [0.5, 0.6) is 0 Å². The van der Waals surface area contributed by atoms with Crippen molar-refractivity contribution in [3.05, 3.63) is 29.0 Å². The summed E-state index contributed by atoms with van der Waals surface area (Å²) in [4.78, 5) is 13.4. The lowest BCUT2D eigenvalue weighted by atomic mass is 10.1. The number of halogens is 2. The second-order valence-corrected chi connectivity index (χ2v) is 5.57. The Bertz CT molecular complexity index is 460. The number of carbonyl (C=O) groups excluding carboxylic acids is 1. The minimum absolute atomic E-state index is 0.0392. The minimum atomic E-state index is -0.867. The predicted molar refractivity (Wildman–Crippen MR) is 73.8 cm³/mol. The average molecular weight is 289 g/mol. The van der Waals surface area contributed by atoms with Gasteiger partial charge in [0.15, 0.2) is 0 Å². The Balaban J connectivity index is 2.53. The van der Waals surface area contributed by atoms with Crippen molar-refractivity contribution in [2.45, 2.75) is 19.4 Å². The summed E-state index contributed by atoms with van der Waals surface area (Å²) in [5.74, 6) is -0.784. The molecule has 0 atom stereocenters. The number of carbonyl (C=O) groups is 1. The topological polar surface area (TPSA) is 52.6 Å². The summed E-state index contributed by atoms with van der Waals surface area (Å²) >= 11 is 5.62. The molecule has 0 aliphatic rings. The van der Waals surface area contributed by atoms with E-state index in [4.69, 9.17) is 11.6 Å². The number of likely N-dealkylation sites (N-methyl/N-ethyl adjacent to an activating group) is 1. The number of hydrogen-bond donors (Lipinski definition) is 2. The van der Waals surface area contributed by atoms with E-state index >= 15 is 0 Å². The Kier molecular flexibility index (Phi) is 5.29. The highest BCUT2D eigenvalue weighted by Gasteiger charge is 2.17. The van der Waals surface area contributed by atoms with Crippen molar-refractivity contribution >= 4 is 23.2 Å². The first kappa shape index (κ1) is 15.9. The largest absolute Gasteiger partial charge is 0.389 e. The molecule has 0 radical (unpaired) electrons. The highest BCUT2D eigenvalue weighted by atomic mass is 35.5. The van der Waals surface area contributed by atoms with Crippen molar-refractivity contribution in [2.75, 3.05) is 25.5 Å². The molecule has 0 aromatic heterocycles. The molecule has 1 aromatic carbocycles. The van der Waals surface area contributed by atoms with E-state index in [-0.39, 0.29) is 17.5 Å². The number of amides is 1. The van der Waals surface area contributed by atoms with Crippen LogP contribution in [-0.2, 0) is 4.79 Å². The van der Waals surface area contributed by atoms with Gasteiger partial charge < -0.3 is 10.4 Å². The summed E-state index contributed by atoms with van der Waals surface area (Å²) < 4.78 is 13.0. The van der Waals surface area contributed by atoms with E-state index < -0.39 is 11.4 Å². The molecule has 0 unspecified atom stereocenters. The van der Waals surface area contributed by atoms with E-state index in [1.807, 2.05) is 0 Å². The number of nitrogens with zero attached hydrogens (tertiary/aromatic N) is 1. The fourth-order valence-electron chi connectivity index (χ4n) is 1.74. The molecule has 0 heterocycles. The van der Waals surface area contributed by atoms with Crippen molar-refractivity contribution in [1.82, 2.24) is 4.90 Å². The van der Waals surface area contributed by atoms with E-state index in [0.29, 0.717) is 12.2 Å². The Morgan fingerprint density at radius 3 is 2.68 bits per heavy atom. The summed E-state index contributed by atoms with van der Waals surface area (Å²) in [6, 6.07) is 3.98. The molecular weight excluding hydrogens is 271 g/mol. The van der Waals surface area contributed by atoms with Gasteiger partial charge in [0.1, 0.15) is 5.82 Å². The summed E-state index contributed by atoms with van der Waals surface area (Å²) in [5.41, 5.74) is -0.429. The third kappa shape index (κ3) is 6.00. The monoisotopic (exact) mass is 288 g/mol. The lowest BCUT2D eigenvalue weighted by Crippen LogP contribution is -2.40. The molecule has 2 N–H and O–H groups in total. The molecular formula is C13H18ClFN2O2. The Hall–Kier alpha value is -1.17. The van der Waals surface area contributed by atoms with Gasteiger partial charge in [0.2, 0.25) is 5.91 Å². The average Bonchev–Trinajstić information content (AvgIpc) is 2.20. The number of rotatable bonds is 5. The fraction of sp³-hybridized carbons (Fsp3) is 0.462. The SMILES string of the molecule is CN(CC(=O)Nc1ccc(F)c(Cl)c1)CC(C)(C)O. The first-order valence-electron chi connectivity index (χ1n) is 5.83. The first-order chi connectivity index (χ1) is 8.67. The molecule has 0 aliphatic heterocycles. The van der Waals surface area contributed by atoms with Crippen LogP contribution < -0.4 is 5.32 Å². The number of aliphatic hydroxyl groups is 1. The normalized spacial score (nSPS) is 11.7. The highest BCUT2D eigenvalue weighted by Crippen LogP contribution is 2.19. The molecule has 0 fully saturated rings. The van der Waals surface area contributed by atoms with Crippen molar-refractivity contribution < 1.29 is 14.3 Å². The van der Waals surface area contributed by atoms with Gasteiger partial charge in [-0.3, -0.25) is 9.69 Å². The molecule has 0 saturated carbocycles. The number of benzene rings is 1. The lowest BCUT2D eigenvalue weighted by Gasteiger charge is -2.24. The number of nitrogens with one attached hydrogen (secondary N) is 1.